The lowest BCUT2D eigenvalue weighted by Gasteiger charge is -2.33. The van der Waals surface area contributed by atoms with Crippen molar-refractivity contribution in [3.8, 4) is 5.88 Å². The summed E-state index contributed by atoms with van der Waals surface area (Å²) in [5.74, 6) is 1.36. The molecule has 1 aliphatic rings. The second-order valence-corrected chi connectivity index (χ2v) is 6.11. The van der Waals surface area contributed by atoms with Crippen molar-refractivity contribution < 1.29 is 4.74 Å². The molecule has 0 aliphatic carbocycles. The van der Waals surface area contributed by atoms with Gasteiger partial charge < -0.3 is 9.64 Å². The molecule has 7 heteroatoms. The van der Waals surface area contributed by atoms with E-state index in [0.717, 1.165) is 37.4 Å². The fourth-order valence-electron chi connectivity index (χ4n) is 2.49. The van der Waals surface area contributed by atoms with E-state index in [9.17, 15) is 0 Å². The van der Waals surface area contributed by atoms with Gasteiger partial charge in [-0.25, -0.2) is 9.97 Å². The Balaban J connectivity index is 1.60. The highest BCUT2D eigenvalue weighted by molar-refractivity contribution is 6.36. The Labute approximate surface area is 139 Å². The Morgan fingerprint density at radius 3 is 2.64 bits per heavy atom. The monoisotopic (exact) mass is 338 g/mol. The molecule has 0 bridgehead atoms. The van der Waals surface area contributed by atoms with Gasteiger partial charge in [-0.15, -0.1) is 0 Å². The molecule has 3 rings (SSSR count). The fraction of sp³-hybridized carbons (Fsp3) is 0.400. The van der Waals surface area contributed by atoms with Gasteiger partial charge in [-0.2, -0.15) is 0 Å². The molecule has 1 aliphatic heterocycles. The molecule has 0 aromatic carbocycles. The quantitative estimate of drug-likeness (QED) is 0.856. The van der Waals surface area contributed by atoms with Crippen molar-refractivity contribution >= 4 is 29.0 Å². The van der Waals surface area contributed by atoms with Gasteiger partial charge in [0.05, 0.1) is 21.9 Å². The molecular formula is C15H16Cl2N4O. The number of aromatic nitrogens is 3. The van der Waals surface area contributed by atoms with Gasteiger partial charge in [0.2, 0.25) is 5.88 Å². The Hall–Kier alpha value is -1.59. The molecule has 2 aromatic heterocycles. The predicted octanol–water partition coefficient (Wildman–Crippen LogP) is 3.53. The first-order chi connectivity index (χ1) is 10.6. The number of ether oxygens (including phenoxy) is 1. The Morgan fingerprint density at radius 1 is 1.18 bits per heavy atom. The normalized spacial score (nSPS) is 15.9. The molecule has 2 aromatic rings. The SMILES string of the molecule is Cc1cncc(OC2CCN(c3ncc(Cl)cc3Cl)CC2)n1. The average molecular weight is 339 g/mol. The number of hydrogen-bond donors (Lipinski definition) is 0. The van der Waals surface area contributed by atoms with Crippen LogP contribution in [0.25, 0.3) is 0 Å². The van der Waals surface area contributed by atoms with Gasteiger partial charge in [-0.05, 0) is 13.0 Å². The maximum absolute atomic E-state index is 6.21. The molecular weight excluding hydrogens is 323 g/mol. The molecule has 0 N–H and O–H groups in total. The molecule has 22 heavy (non-hydrogen) atoms. The van der Waals surface area contributed by atoms with E-state index in [1.807, 2.05) is 6.92 Å². The summed E-state index contributed by atoms with van der Waals surface area (Å²) >= 11 is 12.1. The number of hydrogen-bond acceptors (Lipinski definition) is 5. The van der Waals surface area contributed by atoms with Crippen LogP contribution in [0.2, 0.25) is 10.0 Å². The summed E-state index contributed by atoms with van der Waals surface area (Å²) < 4.78 is 5.89. The third-order valence-electron chi connectivity index (χ3n) is 3.55. The van der Waals surface area contributed by atoms with Crippen LogP contribution in [0.15, 0.2) is 24.7 Å². The van der Waals surface area contributed by atoms with Crippen molar-refractivity contribution in [2.75, 3.05) is 18.0 Å². The van der Waals surface area contributed by atoms with Crippen molar-refractivity contribution in [2.24, 2.45) is 0 Å². The standard InChI is InChI=1S/C15H16Cl2N4O/c1-10-7-18-9-14(20-10)22-12-2-4-21(5-3-12)15-13(17)6-11(16)8-19-15/h6-9,12H,2-5H2,1H3. The summed E-state index contributed by atoms with van der Waals surface area (Å²) in [7, 11) is 0. The summed E-state index contributed by atoms with van der Waals surface area (Å²) in [6.07, 6.45) is 6.89. The van der Waals surface area contributed by atoms with E-state index in [2.05, 4.69) is 19.9 Å². The fourth-order valence-corrected chi connectivity index (χ4v) is 2.99. The molecule has 0 unspecified atom stereocenters. The number of halogens is 2. The lowest BCUT2D eigenvalue weighted by atomic mass is 10.1. The van der Waals surface area contributed by atoms with Crippen LogP contribution in [0.5, 0.6) is 5.88 Å². The van der Waals surface area contributed by atoms with Crippen molar-refractivity contribution in [3.05, 3.63) is 40.4 Å². The third kappa shape index (κ3) is 3.59. The van der Waals surface area contributed by atoms with Crippen LogP contribution in [0.1, 0.15) is 18.5 Å². The van der Waals surface area contributed by atoms with Gasteiger partial charge in [0, 0.05) is 38.3 Å². The van der Waals surface area contributed by atoms with Crippen molar-refractivity contribution in [1.29, 1.82) is 0 Å². The van der Waals surface area contributed by atoms with Crippen LogP contribution in [-0.4, -0.2) is 34.1 Å². The van der Waals surface area contributed by atoms with Crippen LogP contribution < -0.4 is 9.64 Å². The minimum absolute atomic E-state index is 0.137. The van der Waals surface area contributed by atoms with Crippen molar-refractivity contribution in [1.82, 2.24) is 15.0 Å². The smallest absolute Gasteiger partial charge is 0.232 e. The lowest BCUT2D eigenvalue weighted by molar-refractivity contribution is 0.163. The first-order valence-corrected chi connectivity index (χ1v) is 7.89. The number of rotatable bonds is 3. The molecule has 116 valence electrons. The van der Waals surface area contributed by atoms with E-state index in [1.165, 1.54) is 0 Å². The van der Waals surface area contributed by atoms with Crippen LogP contribution >= 0.6 is 23.2 Å². The maximum Gasteiger partial charge on any atom is 0.232 e. The topological polar surface area (TPSA) is 51.1 Å². The molecule has 1 saturated heterocycles. The average Bonchev–Trinajstić information content (AvgIpc) is 2.48. The number of aryl methyl sites for hydroxylation is 1. The highest BCUT2D eigenvalue weighted by Gasteiger charge is 2.23. The lowest BCUT2D eigenvalue weighted by Crippen LogP contribution is -2.39. The Kier molecular flexibility index (Phi) is 4.64. The predicted molar refractivity (Wildman–Crippen MR) is 86.9 cm³/mol. The minimum atomic E-state index is 0.137. The molecule has 0 atom stereocenters. The summed E-state index contributed by atoms with van der Waals surface area (Å²) in [6.45, 7) is 3.56. The second-order valence-electron chi connectivity index (χ2n) is 5.26. The molecule has 1 fully saturated rings. The van der Waals surface area contributed by atoms with Gasteiger partial charge in [-0.1, -0.05) is 23.2 Å². The van der Waals surface area contributed by atoms with Gasteiger partial charge in [-0.3, -0.25) is 4.98 Å². The molecule has 0 saturated carbocycles. The molecule has 0 radical (unpaired) electrons. The number of nitrogens with zero attached hydrogens (tertiary/aromatic N) is 4. The van der Waals surface area contributed by atoms with Crippen LogP contribution in [-0.2, 0) is 0 Å². The van der Waals surface area contributed by atoms with Crippen LogP contribution in [0.3, 0.4) is 0 Å². The zero-order valence-corrected chi connectivity index (χ0v) is 13.7. The summed E-state index contributed by atoms with van der Waals surface area (Å²) in [6, 6.07) is 1.72. The van der Waals surface area contributed by atoms with E-state index < -0.39 is 0 Å². The minimum Gasteiger partial charge on any atom is -0.473 e. The molecule has 5 nitrogen and oxygen atoms in total. The highest BCUT2D eigenvalue weighted by atomic mass is 35.5. The molecule has 0 amide bonds. The Bertz CT molecular complexity index is 660. The van der Waals surface area contributed by atoms with E-state index in [1.54, 1.807) is 24.7 Å². The summed E-state index contributed by atoms with van der Waals surface area (Å²) in [5, 5.41) is 1.13. The zero-order chi connectivity index (χ0) is 15.5. The number of anilines is 1. The first kappa shape index (κ1) is 15.3. The van der Waals surface area contributed by atoms with E-state index in [4.69, 9.17) is 27.9 Å². The van der Waals surface area contributed by atoms with Crippen LogP contribution in [0, 0.1) is 6.92 Å². The number of piperidine rings is 1. The van der Waals surface area contributed by atoms with Gasteiger partial charge in [0.1, 0.15) is 11.9 Å². The molecule has 0 spiro atoms. The van der Waals surface area contributed by atoms with Gasteiger partial charge >= 0.3 is 0 Å². The zero-order valence-electron chi connectivity index (χ0n) is 12.2. The van der Waals surface area contributed by atoms with Crippen LogP contribution in [0.4, 0.5) is 5.82 Å². The van der Waals surface area contributed by atoms with Crippen molar-refractivity contribution in [2.45, 2.75) is 25.9 Å². The molecule has 3 heterocycles. The Morgan fingerprint density at radius 2 is 1.95 bits per heavy atom. The summed E-state index contributed by atoms with van der Waals surface area (Å²) in [5.41, 5.74) is 0.854. The first-order valence-electron chi connectivity index (χ1n) is 7.13. The highest BCUT2D eigenvalue weighted by Crippen LogP contribution is 2.28. The number of pyridine rings is 1. The second kappa shape index (κ2) is 6.67. The van der Waals surface area contributed by atoms with Crippen molar-refractivity contribution in [3.63, 3.8) is 0 Å². The van der Waals surface area contributed by atoms with E-state index >= 15 is 0 Å². The maximum atomic E-state index is 6.21. The van der Waals surface area contributed by atoms with E-state index in [0.29, 0.717) is 15.9 Å². The third-order valence-corrected chi connectivity index (χ3v) is 4.04. The van der Waals surface area contributed by atoms with Gasteiger partial charge in [0.15, 0.2) is 0 Å². The van der Waals surface area contributed by atoms with E-state index in [-0.39, 0.29) is 6.10 Å². The largest absolute Gasteiger partial charge is 0.473 e. The summed E-state index contributed by atoms with van der Waals surface area (Å²) in [4.78, 5) is 14.9. The van der Waals surface area contributed by atoms with Gasteiger partial charge in [0.25, 0.3) is 0 Å².